The summed E-state index contributed by atoms with van der Waals surface area (Å²) in [5.41, 5.74) is 1.40. The number of H-pyrrole nitrogens is 1. The van der Waals surface area contributed by atoms with Gasteiger partial charge >= 0.3 is 0 Å². The molecule has 18 heavy (non-hydrogen) atoms. The van der Waals surface area contributed by atoms with Crippen LogP contribution >= 0.6 is 0 Å². The highest BCUT2D eigenvalue weighted by atomic mass is 15.1. The standard InChI is InChI=1S/C14H24N4/c1-5-15-6-2-12(1)11-18-7-3-13(4-8-18)14-9-16-17-10-14/h9-10,12-13,15H,1-8,11H2,(H,16,17). The van der Waals surface area contributed by atoms with Gasteiger partial charge in [-0.25, -0.2) is 0 Å². The molecule has 4 heteroatoms. The third kappa shape index (κ3) is 2.93. The molecule has 0 radical (unpaired) electrons. The first kappa shape index (κ1) is 12.2. The summed E-state index contributed by atoms with van der Waals surface area (Å²) >= 11 is 0. The Balaban J connectivity index is 1.45. The Morgan fingerprint density at radius 3 is 2.61 bits per heavy atom. The van der Waals surface area contributed by atoms with Crippen molar-refractivity contribution in [1.82, 2.24) is 20.4 Å². The number of likely N-dealkylation sites (tertiary alicyclic amines) is 1. The van der Waals surface area contributed by atoms with Crippen molar-refractivity contribution in [3.8, 4) is 0 Å². The SMILES string of the molecule is c1n[nH]cc1C1CCN(CC2CCNCC2)CC1. The van der Waals surface area contributed by atoms with E-state index < -0.39 is 0 Å². The summed E-state index contributed by atoms with van der Waals surface area (Å²) in [7, 11) is 0. The Morgan fingerprint density at radius 1 is 1.17 bits per heavy atom. The summed E-state index contributed by atoms with van der Waals surface area (Å²) < 4.78 is 0. The minimum absolute atomic E-state index is 0.730. The van der Waals surface area contributed by atoms with Crippen LogP contribution in [0.2, 0.25) is 0 Å². The molecule has 0 aliphatic carbocycles. The van der Waals surface area contributed by atoms with E-state index in [9.17, 15) is 0 Å². The summed E-state index contributed by atoms with van der Waals surface area (Å²) in [6.07, 6.45) is 9.37. The Labute approximate surface area is 109 Å². The molecule has 0 unspecified atom stereocenters. The maximum atomic E-state index is 4.06. The molecule has 1 aromatic rings. The summed E-state index contributed by atoms with van der Waals surface area (Å²) in [5.74, 6) is 1.66. The Hall–Kier alpha value is -0.870. The summed E-state index contributed by atoms with van der Waals surface area (Å²) in [6, 6.07) is 0. The Kier molecular flexibility index (Phi) is 3.96. The molecular weight excluding hydrogens is 224 g/mol. The molecule has 3 heterocycles. The van der Waals surface area contributed by atoms with Gasteiger partial charge in [0.25, 0.3) is 0 Å². The number of hydrogen-bond donors (Lipinski definition) is 2. The minimum atomic E-state index is 0.730. The number of nitrogens with one attached hydrogen (secondary N) is 2. The fourth-order valence-corrected chi connectivity index (χ4v) is 3.36. The maximum Gasteiger partial charge on any atom is 0.0522 e. The number of nitrogens with zero attached hydrogens (tertiary/aromatic N) is 2. The van der Waals surface area contributed by atoms with E-state index in [0.717, 1.165) is 11.8 Å². The van der Waals surface area contributed by atoms with Crippen LogP contribution in [0.1, 0.15) is 37.2 Å². The second kappa shape index (κ2) is 5.85. The summed E-state index contributed by atoms with van der Waals surface area (Å²) in [6.45, 7) is 6.28. The van der Waals surface area contributed by atoms with Crippen molar-refractivity contribution in [2.75, 3.05) is 32.7 Å². The average molecular weight is 248 g/mol. The number of hydrogen-bond acceptors (Lipinski definition) is 3. The third-order valence-corrected chi connectivity index (χ3v) is 4.55. The van der Waals surface area contributed by atoms with E-state index in [0.29, 0.717) is 0 Å². The van der Waals surface area contributed by atoms with Crippen LogP contribution in [0.5, 0.6) is 0 Å². The van der Waals surface area contributed by atoms with Gasteiger partial charge in [0.15, 0.2) is 0 Å². The van der Waals surface area contributed by atoms with E-state index in [1.165, 1.54) is 64.0 Å². The first-order valence-corrected chi connectivity index (χ1v) is 7.33. The van der Waals surface area contributed by atoms with Crippen molar-refractivity contribution in [2.24, 2.45) is 5.92 Å². The zero-order valence-corrected chi connectivity index (χ0v) is 11.1. The van der Waals surface area contributed by atoms with Gasteiger partial charge in [0.05, 0.1) is 6.20 Å². The Bertz CT molecular complexity index is 335. The molecule has 1 aromatic heterocycles. The van der Waals surface area contributed by atoms with Crippen LogP contribution in [0.4, 0.5) is 0 Å². The van der Waals surface area contributed by atoms with Crippen molar-refractivity contribution >= 4 is 0 Å². The second-order valence-corrected chi connectivity index (χ2v) is 5.80. The van der Waals surface area contributed by atoms with E-state index in [4.69, 9.17) is 0 Å². The predicted molar refractivity (Wildman–Crippen MR) is 72.6 cm³/mol. The van der Waals surface area contributed by atoms with Crippen LogP contribution in [0.25, 0.3) is 0 Å². The van der Waals surface area contributed by atoms with Crippen LogP contribution < -0.4 is 5.32 Å². The van der Waals surface area contributed by atoms with Gasteiger partial charge in [-0.1, -0.05) is 0 Å². The van der Waals surface area contributed by atoms with Crippen LogP contribution in [0, 0.1) is 5.92 Å². The largest absolute Gasteiger partial charge is 0.317 e. The molecule has 0 saturated carbocycles. The second-order valence-electron chi connectivity index (χ2n) is 5.80. The fraction of sp³-hybridized carbons (Fsp3) is 0.786. The lowest BCUT2D eigenvalue weighted by atomic mass is 9.90. The maximum absolute atomic E-state index is 4.06. The third-order valence-electron chi connectivity index (χ3n) is 4.55. The Morgan fingerprint density at radius 2 is 1.94 bits per heavy atom. The number of piperidine rings is 2. The molecule has 100 valence electrons. The van der Waals surface area contributed by atoms with Crippen molar-refractivity contribution < 1.29 is 0 Å². The zero-order valence-electron chi connectivity index (χ0n) is 11.1. The van der Waals surface area contributed by atoms with Gasteiger partial charge in [0, 0.05) is 12.7 Å². The fourth-order valence-electron chi connectivity index (χ4n) is 3.36. The molecule has 0 bridgehead atoms. The van der Waals surface area contributed by atoms with Gasteiger partial charge in [-0.15, -0.1) is 0 Å². The van der Waals surface area contributed by atoms with E-state index in [1.54, 1.807) is 0 Å². The van der Waals surface area contributed by atoms with Gasteiger partial charge in [0.2, 0.25) is 0 Å². The molecule has 0 amide bonds. The molecule has 0 aromatic carbocycles. The molecule has 2 aliphatic heterocycles. The lowest BCUT2D eigenvalue weighted by Crippen LogP contribution is -2.39. The van der Waals surface area contributed by atoms with Crippen LogP contribution in [-0.4, -0.2) is 47.8 Å². The highest BCUT2D eigenvalue weighted by Gasteiger charge is 2.23. The van der Waals surface area contributed by atoms with Gasteiger partial charge in [-0.05, 0) is 69.3 Å². The molecular formula is C14H24N4. The summed E-state index contributed by atoms with van der Waals surface area (Å²) in [4.78, 5) is 2.67. The van der Waals surface area contributed by atoms with Crippen molar-refractivity contribution in [1.29, 1.82) is 0 Å². The predicted octanol–water partition coefficient (Wildman–Crippen LogP) is 1.59. The van der Waals surface area contributed by atoms with E-state index >= 15 is 0 Å². The zero-order chi connectivity index (χ0) is 12.2. The van der Waals surface area contributed by atoms with E-state index in [1.807, 2.05) is 6.20 Å². The molecule has 0 atom stereocenters. The molecule has 2 fully saturated rings. The lowest BCUT2D eigenvalue weighted by Gasteiger charge is -2.35. The minimum Gasteiger partial charge on any atom is -0.317 e. The van der Waals surface area contributed by atoms with Gasteiger partial charge in [-0.2, -0.15) is 5.10 Å². The van der Waals surface area contributed by atoms with Crippen molar-refractivity contribution in [3.05, 3.63) is 18.0 Å². The summed E-state index contributed by atoms with van der Waals surface area (Å²) in [5, 5.41) is 10.4. The molecule has 3 rings (SSSR count). The number of aromatic amines is 1. The topological polar surface area (TPSA) is 44.0 Å². The van der Waals surface area contributed by atoms with Crippen LogP contribution in [0.15, 0.2) is 12.4 Å². The highest BCUT2D eigenvalue weighted by Crippen LogP contribution is 2.28. The van der Waals surface area contributed by atoms with Crippen molar-refractivity contribution in [2.45, 2.75) is 31.6 Å². The molecule has 0 spiro atoms. The number of aromatic nitrogens is 2. The van der Waals surface area contributed by atoms with E-state index in [2.05, 4.69) is 26.6 Å². The normalized spacial score (nSPS) is 24.4. The average Bonchev–Trinajstić information content (AvgIpc) is 2.95. The number of rotatable bonds is 3. The molecule has 4 nitrogen and oxygen atoms in total. The van der Waals surface area contributed by atoms with Gasteiger partial charge in [-0.3, -0.25) is 5.10 Å². The van der Waals surface area contributed by atoms with Crippen molar-refractivity contribution in [3.63, 3.8) is 0 Å². The lowest BCUT2D eigenvalue weighted by molar-refractivity contribution is 0.167. The smallest absolute Gasteiger partial charge is 0.0522 e. The van der Waals surface area contributed by atoms with Crippen LogP contribution in [0.3, 0.4) is 0 Å². The quantitative estimate of drug-likeness (QED) is 0.854. The first-order chi connectivity index (χ1) is 8.92. The molecule has 2 aliphatic rings. The van der Waals surface area contributed by atoms with Gasteiger partial charge < -0.3 is 10.2 Å². The van der Waals surface area contributed by atoms with Gasteiger partial charge in [0.1, 0.15) is 0 Å². The van der Waals surface area contributed by atoms with Crippen LogP contribution in [-0.2, 0) is 0 Å². The monoisotopic (exact) mass is 248 g/mol. The molecule has 2 saturated heterocycles. The first-order valence-electron chi connectivity index (χ1n) is 7.33. The molecule has 2 N–H and O–H groups in total. The van der Waals surface area contributed by atoms with E-state index in [-0.39, 0.29) is 0 Å². The highest BCUT2D eigenvalue weighted by molar-refractivity contribution is 5.11.